The molecule has 0 fully saturated rings. The summed E-state index contributed by atoms with van der Waals surface area (Å²) in [5, 5.41) is 11.2. The molecular weight excluding hydrogens is 305 g/mol. The van der Waals surface area contributed by atoms with Gasteiger partial charge in [0.2, 0.25) is 11.5 Å². The first-order valence-corrected chi connectivity index (χ1v) is 6.10. The number of nitrogens with zero attached hydrogens (tertiary/aromatic N) is 5. The maximum Gasteiger partial charge on any atom is 0.303 e. The van der Waals surface area contributed by atoms with Crippen LogP contribution in [-0.4, -0.2) is 30.4 Å². The van der Waals surface area contributed by atoms with Gasteiger partial charge in [-0.1, -0.05) is 23.2 Å². The zero-order valence-electron chi connectivity index (χ0n) is 9.96. The van der Waals surface area contributed by atoms with Crippen molar-refractivity contribution < 1.29 is 9.53 Å². The lowest BCUT2D eigenvalue weighted by Crippen LogP contribution is -2.26. The predicted octanol–water partition coefficient (Wildman–Crippen LogP) is 2.51. The standard InChI is InChI=1S/C11H5Cl2N5O2/c1-20-8-5(2-4(12)3-6(8)13)9-14-10-7(11(19)15-9)16-18-17-10/h2-3H,1H3. The zero-order chi connectivity index (χ0) is 14.3. The fourth-order valence-electron chi connectivity index (χ4n) is 1.74. The molecule has 0 saturated heterocycles. The summed E-state index contributed by atoms with van der Waals surface area (Å²) >= 11 is 12.0. The average Bonchev–Trinajstić information content (AvgIpc) is 2.86. The number of amidine groups is 2. The van der Waals surface area contributed by atoms with Gasteiger partial charge in [0.25, 0.3) is 0 Å². The van der Waals surface area contributed by atoms with Gasteiger partial charge in [-0.15, -0.1) is 10.2 Å². The van der Waals surface area contributed by atoms with Crippen LogP contribution in [0, 0.1) is 0 Å². The Labute approximate surface area is 122 Å². The molecule has 1 amide bonds. The topological polar surface area (TPSA) is 88.1 Å². The van der Waals surface area contributed by atoms with E-state index in [2.05, 4.69) is 25.4 Å². The quantitative estimate of drug-likeness (QED) is 0.840. The van der Waals surface area contributed by atoms with Gasteiger partial charge in [-0.05, 0) is 17.4 Å². The van der Waals surface area contributed by atoms with Gasteiger partial charge in [0.1, 0.15) is 5.75 Å². The molecular formula is C11H5Cl2N5O2. The second-order valence-corrected chi connectivity index (χ2v) is 4.63. The molecule has 2 aliphatic rings. The first-order chi connectivity index (χ1) is 9.60. The molecule has 0 spiro atoms. The van der Waals surface area contributed by atoms with Crippen LogP contribution in [0.5, 0.6) is 5.75 Å². The summed E-state index contributed by atoms with van der Waals surface area (Å²) in [5.41, 5.74) is 0.410. The summed E-state index contributed by atoms with van der Waals surface area (Å²) in [6.45, 7) is 0. The van der Waals surface area contributed by atoms with Crippen molar-refractivity contribution in [3.8, 4) is 5.75 Å². The molecule has 0 bridgehead atoms. The lowest BCUT2D eigenvalue weighted by atomic mass is 10.1. The minimum atomic E-state index is -0.576. The van der Waals surface area contributed by atoms with E-state index in [1.165, 1.54) is 13.2 Å². The Hall–Kier alpha value is -2.12. The van der Waals surface area contributed by atoms with Crippen molar-refractivity contribution in [2.75, 3.05) is 7.11 Å². The van der Waals surface area contributed by atoms with Crippen molar-refractivity contribution in [1.82, 2.24) is 0 Å². The van der Waals surface area contributed by atoms with Crippen molar-refractivity contribution in [2.45, 2.75) is 0 Å². The zero-order valence-corrected chi connectivity index (χ0v) is 11.5. The average molecular weight is 310 g/mol. The third kappa shape index (κ3) is 2.00. The van der Waals surface area contributed by atoms with E-state index in [0.717, 1.165) is 0 Å². The van der Waals surface area contributed by atoms with Crippen LogP contribution in [0.4, 0.5) is 0 Å². The van der Waals surface area contributed by atoms with E-state index in [4.69, 9.17) is 27.9 Å². The highest BCUT2D eigenvalue weighted by Crippen LogP contribution is 2.33. The molecule has 2 heterocycles. The summed E-state index contributed by atoms with van der Waals surface area (Å²) in [5.74, 6) is -0.0420. The summed E-state index contributed by atoms with van der Waals surface area (Å²) < 4.78 is 5.19. The molecule has 7 nitrogen and oxygen atoms in total. The van der Waals surface area contributed by atoms with Gasteiger partial charge in [-0.2, -0.15) is 4.99 Å². The van der Waals surface area contributed by atoms with E-state index < -0.39 is 5.91 Å². The molecule has 0 radical (unpaired) electrons. The Kier molecular flexibility index (Phi) is 3.07. The summed E-state index contributed by atoms with van der Waals surface area (Å²) in [7, 11) is 1.44. The molecule has 9 heteroatoms. The number of hydrogen-bond donors (Lipinski definition) is 0. The number of fused-ring (bicyclic) bond motifs is 1. The highest BCUT2D eigenvalue weighted by Gasteiger charge is 2.29. The first kappa shape index (κ1) is 12.9. The number of aliphatic imine (C=N–C) groups is 2. The molecule has 20 heavy (non-hydrogen) atoms. The van der Waals surface area contributed by atoms with Crippen LogP contribution in [-0.2, 0) is 4.79 Å². The van der Waals surface area contributed by atoms with E-state index in [-0.39, 0.29) is 22.4 Å². The molecule has 1 aromatic carbocycles. The van der Waals surface area contributed by atoms with Crippen LogP contribution in [0.2, 0.25) is 10.0 Å². The van der Waals surface area contributed by atoms with E-state index >= 15 is 0 Å². The Morgan fingerprint density at radius 3 is 2.70 bits per heavy atom. The number of carbonyl (C=O) groups excluding carboxylic acids is 1. The number of amides is 1. The predicted molar refractivity (Wildman–Crippen MR) is 74.3 cm³/mol. The molecule has 3 rings (SSSR count). The van der Waals surface area contributed by atoms with Crippen molar-refractivity contribution in [1.29, 1.82) is 0 Å². The number of ether oxygens (including phenoxy) is 1. The fourth-order valence-corrected chi connectivity index (χ4v) is 2.31. The van der Waals surface area contributed by atoms with E-state index in [1.54, 1.807) is 6.07 Å². The van der Waals surface area contributed by atoms with Crippen LogP contribution in [0.1, 0.15) is 5.56 Å². The van der Waals surface area contributed by atoms with Gasteiger partial charge in [0.15, 0.2) is 5.84 Å². The van der Waals surface area contributed by atoms with Gasteiger partial charge in [-0.3, -0.25) is 4.79 Å². The van der Waals surface area contributed by atoms with Crippen LogP contribution >= 0.6 is 23.2 Å². The molecule has 0 aromatic heterocycles. The Morgan fingerprint density at radius 1 is 1.15 bits per heavy atom. The van der Waals surface area contributed by atoms with Crippen LogP contribution < -0.4 is 4.74 Å². The fraction of sp³-hybridized carbons (Fsp3) is 0.0909. The molecule has 100 valence electrons. The molecule has 1 aromatic rings. The molecule has 0 aliphatic carbocycles. The number of rotatable bonds is 2. The molecule has 2 aliphatic heterocycles. The second-order valence-electron chi connectivity index (χ2n) is 3.78. The van der Waals surface area contributed by atoms with Gasteiger partial charge in [0.05, 0.1) is 17.7 Å². The minimum Gasteiger partial charge on any atom is -0.494 e. The Morgan fingerprint density at radius 2 is 1.95 bits per heavy atom. The minimum absolute atomic E-state index is 0.0147. The third-order valence-corrected chi connectivity index (χ3v) is 3.07. The monoisotopic (exact) mass is 309 g/mol. The maximum absolute atomic E-state index is 11.8. The first-order valence-electron chi connectivity index (χ1n) is 5.34. The smallest absolute Gasteiger partial charge is 0.303 e. The van der Waals surface area contributed by atoms with E-state index in [1.807, 2.05) is 0 Å². The largest absolute Gasteiger partial charge is 0.494 e. The molecule has 0 atom stereocenters. The summed E-state index contributed by atoms with van der Waals surface area (Å²) in [4.78, 5) is 19.7. The SMILES string of the molecule is COc1c(Cl)cc(Cl)cc1C1=NC(=O)C2=NN=NC2=N1. The number of hydrogen-bond acceptors (Lipinski definition) is 6. The van der Waals surface area contributed by atoms with Crippen LogP contribution in [0.25, 0.3) is 0 Å². The van der Waals surface area contributed by atoms with E-state index in [0.29, 0.717) is 16.3 Å². The number of benzene rings is 1. The van der Waals surface area contributed by atoms with Crippen molar-refractivity contribution >= 4 is 46.5 Å². The number of carbonyl (C=O) groups is 1. The van der Waals surface area contributed by atoms with Gasteiger partial charge >= 0.3 is 5.91 Å². The van der Waals surface area contributed by atoms with Gasteiger partial charge < -0.3 is 4.74 Å². The lowest BCUT2D eigenvalue weighted by molar-refractivity contribution is -0.111. The molecule has 0 unspecified atom stereocenters. The Bertz CT molecular complexity index is 751. The molecule has 0 N–H and O–H groups in total. The lowest BCUT2D eigenvalue weighted by Gasteiger charge is -2.12. The number of methoxy groups -OCH3 is 1. The highest BCUT2D eigenvalue weighted by atomic mass is 35.5. The van der Waals surface area contributed by atoms with Crippen molar-refractivity contribution in [3.05, 3.63) is 27.7 Å². The van der Waals surface area contributed by atoms with Gasteiger partial charge in [0, 0.05) is 5.02 Å². The summed E-state index contributed by atoms with van der Waals surface area (Å²) in [6.07, 6.45) is 0. The molecule has 0 saturated carbocycles. The maximum atomic E-state index is 11.8. The van der Waals surface area contributed by atoms with Crippen molar-refractivity contribution in [2.24, 2.45) is 25.4 Å². The third-order valence-electron chi connectivity index (χ3n) is 2.57. The number of halogens is 2. The Balaban J connectivity index is 2.17. The second kappa shape index (κ2) is 4.77. The highest BCUT2D eigenvalue weighted by molar-refractivity contribution is 6.69. The van der Waals surface area contributed by atoms with Gasteiger partial charge in [-0.25, -0.2) is 4.99 Å². The normalized spacial score (nSPS) is 16.6. The van der Waals surface area contributed by atoms with Crippen LogP contribution in [0.3, 0.4) is 0 Å². The summed E-state index contributed by atoms with van der Waals surface area (Å²) in [6, 6.07) is 3.07. The van der Waals surface area contributed by atoms with E-state index in [9.17, 15) is 4.79 Å². The van der Waals surface area contributed by atoms with Crippen LogP contribution in [0.15, 0.2) is 37.6 Å². The van der Waals surface area contributed by atoms with Crippen molar-refractivity contribution in [3.63, 3.8) is 0 Å².